The minimum absolute atomic E-state index is 0.00467. The van der Waals surface area contributed by atoms with E-state index in [0.29, 0.717) is 16.5 Å². The van der Waals surface area contributed by atoms with Crippen molar-refractivity contribution in [2.75, 3.05) is 18.6 Å². The zero-order valence-electron chi connectivity index (χ0n) is 11.6. The summed E-state index contributed by atoms with van der Waals surface area (Å²) in [6.45, 7) is 3.80. The molecule has 20 heavy (non-hydrogen) atoms. The Bertz CT molecular complexity index is 545. The SMILES string of the molecule is COc1ccc(N2CC(=O)NC(C(C)C)C2=O)cc1Cl. The summed E-state index contributed by atoms with van der Waals surface area (Å²) in [6.07, 6.45) is 0. The number of halogens is 1. The third-order valence-electron chi connectivity index (χ3n) is 3.26. The lowest BCUT2D eigenvalue weighted by Gasteiger charge is -2.34. The average Bonchev–Trinajstić information content (AvgIpc) is 2.40. The largest absolute Gasteiger partial charge is 0.495 e. The van der Waals surface area contributed by atoms with Crippen LogP contribution in [0.25, 0.3) is 0 Å². The highest BCUT2D eigenvalue weighted by Gasteiger charge is 2.35. The molecule has 108 valence electrons. The molecule has 2 amide bonds. The number of anilines is 1. The summed E-state index contributed by atoms with van der Waals surface area (Å²) < 4.78 is 5.08. The first-order chi connectivity index (χ1) is 9.43. The summed E-state index contributed by atoms with van der Waals surface area (Å²) in [6, 6.07) is 4.53. The zero-order valence-corrected chi connectivity index (χ0v) is 12.4. The second kappa shape index (κ2) is 5.71. The zero-order chi connectivity index (χ0) is 14.9. The van der Waals surface area contributed by atoms with Crippen LogP contribution in [0.3, 0.4) is 0 Å². The van der Waals surface area contributed by atoms with E-state index in [4.69, 9.17) is 16.3 Å². The van der Waals surface area contributed by atoms with Gasteiger partial charge in [0.15, 0.2) is 0 Å². The van der Waals surface area contributed by atoms with Crippen LogP contribution < -0.4 is 15.0 Å². The average molecular weight is 297 g/mol. The number of nitrogens with zero attached hydrogens (tertiary/aromatic N) is 1. The van der Waals surface area contributed by atoms with Gasteiger partial charge in [-0.25, -0.2) is 0 Å². The van der Waals surface area contributed by atoms with Gasteiger partial charge in [-0.05, 0) is 24.1 Å². The van der Waals surface area contributed by atoms with Gasteiger partial charge in [0.1, 0.15) is 18.3 Å². The summed E-state index contributed by atoms with van der Waals surface area (Å²) in [5.74, 6) is 0.267. The van der Waals surface area contributed by atoms with E-state index in [9.17, 15) is 9.59 Å². The van der Waals surface area contributed by atoms with Crippen molar-refractivity contribution in [1.29, 1.82) is 0 Å². The molecule has 1 heterocycles. The van der Waals surface area contributed by atoms with E-state index in [1.54, 1.807) is 18.2 Å². The molecule has 0 aliphatic carbocycles. The Labute approximate surface area is 122 Å². The monoisotopic (exact) mass is 296 g/mol. The van der Waals surface area contributed by atoms with Gasteiger partial charge in [-0.3, -0.25) is 9.59 Å². The predicted octanol–water partition coefficient (Wildman–Crippen LogP) is 1.84. The Morgan fingerprint density at radius 1 is 1.40 bits per heavy atom. The molecule has 2 rings (SSSR count). The Hall–Kier alpha value is -1.75. The predicted molar refractivity (Wildman–Crippen MR) is 77.1 cm³/mol. The van der Waals surface area contributed by atoms with Crippen molar-refractivity contribution < 1.29 is 14.3 Å². The Morgan fingerprint density at radius 3 is 2.65 bits per heavy atom. The minimum Gasteiger partial charge on any atom is -0.495 e. The van der Waals surface area contributed by atoms with E-state index in [1.165, 1.54) is 12.0 Å². The Kier molecular flexibility index (Phi) is 4.18. The molecule has 1 aromatic carbocycles. The fraction of sp³-hybridized carbons (Fsp3) is 0.429. The first-order valence-electron chi connectivity index (χ1n) is 6.38. The van der Waals surface area contributed by atoms with Gasteiger partial charge in [0.05, 0.1) is 12.1 Å². The van der Waals surface area contributed by atoms with Crippen LogP contribution >= 0.6 is 11.6 Å². The van der Waals surface area contributed by atoms with Crippen molar-refractivity contribution in [1.82, 2.24) is 5.32 Å². The molecule has 0 bridgehead atoms. The Balaban J connectivity index is 2.33. The van der Waals surface area contributed by atoms with Crippen molar-refractivity contribution in [2.24, 2.45) is 5.92 Å². The second-order valence-corrected chi connectivity index (χ2v) is 5.44. The van der Waals surface area contributed by atoms with Crippen LogP contribution in [0, 0.1) is 5.92 Å². The second-order valence-electron chi connectivity index (χ2n) is 5.03. The fourth-order valence-electron chi connectivity index (χ4n) is 2.16. The summed E-state index contributed by atoms with van der Waals surface area (Å²) >= 11 is 6.07. The van der Waals surface area contributed by atoms with Crippen molar-refractivity contribution in [3.05, 3.63) is 23.2 Å². The molecular formula is C14H17ClN2O3. The molecule has 6 heteroatoms. The van der Waals surface area contributed by atoms with Gasteiger partial charge in [-0.1, -0.05) is 25.4 Å². The molecule has 1 saturated heterocycles. The number of hydrogen-bond acceptors (Lipinski definition) is 3. The maximum Gasteiger partial charge on any atom is 0.250 e. The number of piperazine rings is 1. The van der Waals surface area contributed by atoms with E-state index < -0.39 is 6.04 Å². The highest BCUT2D eigenvalue weighted by atomic mass is 35.5. The number of rotatable bonds is 3. The van der Waals surface area contributed by atoms with E-state index >= 15 is 0 Å². The molecule has 1 N–H and O–H groups in total. The lowest BCUT2D eigenvalue weighted by molar-refractivity contribution is -0.132. The number of methoxy groups -OCH3 is 1. The van der Waals surface area contributed by atoms with Crippen molar-refractivity contribution in [2.45, 2.75) is 19.9 Å². The van der Waals surface area contributed by atoms with Crippen molar-refractivity contribution >= 4 is 29.1 Å². The van der Waals surface area contributed by atoms with Gasteiger partial charge in [0.25, 0.3) is 0 Å². The van der Waals surface area contributed by atoms with Crippen molar-refractivity contribution in [3.8, 4) is 5.75 Å². The number of carbonyl (C=O) groups excluding carboxylic acids is 2. The molecule has 1 aromatic rings. The topological polar surface area (TPSA) is 58.6 Å². The van der Waals surface area contributed by atoms with Crippen LogP contribution in [0.15, 0.2) is 18.2 Å². The van der Waals surface area contributed by atoms with Gasteiger partial charge in [-0.15, -0.1) is 0 Å². The first kappa shape index (κ1) is 14.7. The summed E-state index contributed by atoms with van der Waals surface area (Å²) in [5.41, 5.74) is 0.598. The van der Waals surface area contributed by atoms with Crippen LogP contribution in [-0.2, 0) is 9.59 Å². The van der Waals surface area contributed by atoms with Gasteiger partial charge >= 0.3 is 0 Å². The van der Waals surface area contributed by atoms with Crippen LogP contribution in [0.1, 0.15) is 13.8 Å². The molecule has 1 aliphatic rings. The first-order valence-corrected chi connectivity index (χ1v) is 6.76. The summed E-state index contributed by atoms with van der Waals surface area (Å²) in [5, 5.41) is 3.12. The van der Waals surface area contributed by atoms with Gasteiger partial charge in [0, 0.05) is 5.69 Å². The van der Waals surface area contributed by atoms with Crippen LogP contribution in [0.2, 0.25) is 5.02 Å². The Morgan fingerprint density at radius 2 is 2.10 bits per heavy atom. The summed E-state index contributed by atoms with van der Waals surface area (Å²) in [7, 11) is 1.52. The third-order valence-corrected chi connectivity index (χ3v) is 3.56. The maximum atomic E-state index is 12.4. The normalized spacial score (nSPS) is 19.2. The van der Waals surface area contributed by atoms with E-state index in [2.05, 4.69) is 5.32 Å². The molecule has 1 fully saturated rings. The van der Waals surface area contributed by atoms with Gasteiger partial charge in [-0.2, -0.15) is 0 Å². The fourth-order valence-corrected chi connectivity index (χ4v) is 2.42. The number of carbonyl (C=O) groups is 2. The summed E-state index contributed by atoms with van der Waals surface area (Å²) in [4.78, 5) is 25.6. The van der Waals surface area contributed by atoms with Gasteiger partial charge in [0.2, 0.25) is 11.8 Å². The molecule has 5 nitrogen and oxygen atoms in total. The molecule has 1 aliphatic heterocycles. The van der Waals surface area contributed by atoms with E-state index in [-0.39, 0.29) is 24.3 Å². The molecular weight excluding hydrogens is 280 g/mol. The lowest BCUT2D eigenvalue weighted by atomic mass is 10.0. The van der Waals surface area contributed by atoms with Gasteiger partial charge < -0.3 is 15.0 Å². The van der Waals surface area contributed by atoms with Crippen LogP contribution in [0.4, 0.5) is 5.69 Å². The highest BCUT2D eigenvalue weighted by Crippen LogP contribution is 2.30. The quantitative estimate of drug-likeness (QED) is 0.926. The van der Waals surface area contributed by atoms with E-state index in [1.807, 2.05) is 13.8 Å². The molecule has 0 aromatic heterocycles. The standard InChI is InChI=1S/C14H17ClN2O3/c1-8(2)13-14(19)17(7-12(18)16-13)9-4-5-11(20-3)10(15)6-9/h4-6,8,13H,7H2,1-3H3,(H,16,18). The number of hydrogen-bond donors (Lipinski definition) is 1. The molecule has 0 spiro atoms. The lowest BCUT2D eigenvalue weighted by Crippen LogP contribution is -2.60. The minimum atomic E-state index is -0.503. The highest BCUT2D eigenvalue weighted by molar-refractivity contribution is 6.32. The van der Waals surface area contributed by atoms with E-state index in [0.717, 1.165) is 0 Å². The molecule has 1 unspecified atom stereocenters. The van der Waals surface area contributed by atoms with Crippen LogP contribution in [-0.4, -0.2) is 31.5 Å². The molecule has 1 atom stereocenters. The number of amides is 2. The maximum absolute atomic E-state index is 12.4. The molecule has 0 radical (unpaired) electrons. The van der Waals surface area contributed by atoms with Crippen molar-refractivity contribution in [3.63, 3.8) is 0 Å². The van der Waals surface area contributed by atoms with Crippen LogP contribution in [0.5, 0.6) is 5.75 Å². The third kappa shape index (κ3) is 2.72. The number of ether oxygens (including phenoxy) is 1. The number of nitrogens with one attached hydrogen (secondary N) is 1. The number of benzene rings is 1. The molecule has 0 saturated carbocycles. The smallest absolute Gasteiger partial charge is 0.250 e.